The van der Waals surface area contributed by atoms with Crippen LogP contribution in [0.3, 0.4) is 0 Å². The Labute approximate surface area is 113 Å². The van der Waals surface area contributed by atoms with Gasteiger partial charge in [0.2, 0.25) is 0 Å². The summed E-state index contributed by atoms with van der Waals surface area (Å²) in [5.41, 5.74) is 1.99. The van der Waals surface area contributed by atoms with Crippen molar-refractivity contribution in [3.63, 3.8) is 0 Å². The quantitative estimate of drug-likeness (QED) is 0.662. The zero-order valence-corrected chi connectivity index (χ0v) is 11.2. The minimum Gasteiger partial charge on any atom is -0.508 e. The van der Waals surface area contributed by atoms with E-state index in [9.17, 15) is 9.90 Å². The van der Waals surface area contributed by atoms with Crippen LogP contribution in [0, 0.1) is 6.92 Å². The molecule has 0 saturated carbocycles. The Kier molecular flexibility index (Phi) is 3.62. The molecule has 2 rings (SSSR count). The van der Waals surface area contributed by atoms with Gasteiger partial charge in [0.1, 0.15) is 10.4 Å². The van der Waals surface area contributed by atoms with Gasteiger partial charge in [-0.1, -0.05) is 0 Å². The molecule has 1 aromatic heterocycles. The number of phenols is 1. The Balaban J connectivity index is 2.21. The Morgan fingerprint density at radius 3 is 2.78 bits per heavy atom. The first-order chi connectivity index (χ1) is 8.56. The van der Waals surface area contributed by atoms with E-state index >= 15 is 0 Å². The number of rotatable bonds is 2. The molecule has 0 aliphatic heterocycles. The van der Waals surface area contributed by atoms with E-state index in [0.29, 0.717) is 15.9 Å². The predicted molar refractivity (Wildman–Crippen MR) is 72.7 cm³/mol. The summed E-state index contributed by atoms with van der Waals surface area (Å²) in [6, 6.07) is 8.07. The van der Waals surface area contributed by atoms with Gasteiger partial charge >= 0.3 is 0 Å². The molecule has 1 heterocycles. The fourth-order valence-electron chi connectivity index (χ4n) is 1.53. The summed E-state index contributed by atoms with van der Waals surface area (Å²) in [7, 11) is 0. The van der Waals surface area contributed by atoms with E-state index in [0.717, 1.165) is 5.56 Å². The number of carbonyl (C=O) groups is 1. The number of halogens is 1. The van der Waals surface area contributed by atoms with Crippen molar-refractivity contribution >= 4 is 27.5 Å². The number of aryl methyl sites for hydroxylation is 1. The van der Waals surface area contributed by atoms with E-state index in [1.165, 1.54) is 6.07 Å². The average molecular weight is 307 g/mol. The van der Waals surface area contributed by atoms with Crippen LogP contribution in [-0.2, 0) is 0 Å². The lowest BCUT2D eigenvalue weighted by atomic mass is 10.1. The molecule has 92 valence electrons. The molecule has 5 heteroatoms. The second-order valence-electron chi connectivity index (χ2n) is 3.82. The van der Waals surface area contributed by atoms with Gasteiger partial charge in [-0.15, -0.1) is 0 Å². The van der Waals surface area contributed by atoms with Crippen LogP contribution < -0.4 is 5.32 Å². The average Bonchev–Trinajstić information content (AvgIpc) is 2.32. The van der Waals surface area contributed by atoms with Gasteiger partial charge in [-0.05, 0) is 58.7 Å². The third-order valence-electron chi connectivity index (χ3n) is 2.45. The molecule has 0 aliphatic rings. The Hall–Kier alpha value is -1.88. The number of anilines is 1. The highest BCUT2D eigenvalue weighted by Crippen LogP contribution is 2.21. The number of benzene rings is 1. The maximum absolute atomic E-state index is 12.0. The van der Waals surface area contributed by atoms with Crippen molar-refractivity contribution in [1.82, 2.24) is 4.98 Å². The van der Waals surface area contributed by atoms with Crippen LogP contribution in [-0.4, -0.2) is 16.0 Å². The number of amides is 1. The topological polar surface area (TPSA) is 62.2 Å². The van der Waals surface area contributed by atoms with E-state index in [-0.39, 0.29) is 11.7 Å². The van der Waals surface area contributed by atoms with Crippen molar-refractivity contribution in [1.29, 1.82) is 0 Å². The van der Waals surface area contributed by atoms with E-state index in [4.69, 9.17) is 0 Å². The van der Waals surface area contributed by atoms with Crippen LogP contribution in [0.5, 0.6) is 5.75 Å². The molecule has 0 spiro atoms. The predicted octanol–water partition coefficient (Wildman–Crippen LogP) is 3.11. The summed E-state index contributed by atoms with van der Waals surface area (Å²) in [6.07, 6.45) is 1.56. The highest BCUT2D eigenvalue weighted by atomic mass is 79.9. The molecule has 0 bridgehead atoms. The second-order valence-corrected chi connectivity index (χ2v) is 4.63. The van der Waals surface area contributed by atoms with Crippen LogP contribution in [0.25, 0.3) is 0 Å². The van der Waals surface area contributed by atoms with Gasteiger partial charge in [0, 0.05) is 17.4 Å². The lowest BCUT2D eigenvalue weighted by Gasteiger charge is -2.08. The number of pyridine rings is 1. The SMILES string of the molecule is Cc1cc(O)ccc1NC(=O)c1ccnc(Br)c1. The number of nitrogens with zero attached hydrogens (tertiary/aromatic N) is 1. The minimum atomic E-state index is -0.216. The number of phenolic OH excluding ortho intramolecular Hbond substituents is 1. The summed E-state index contributed by atoms with van der Waals surface area (Å²) in [5, 5.41) is 12.1. The molecular weight excluding hydrogens is 296 g/mol. The molecule has 0 fully saturated rings. The molecule has 2 N–H and O–H groups in total. The molecule has 2 aromatic rings. The van der Waals surface area contributed by atoms with Crippen LogP contribution in [0.2, 0.25) is 0 Å². The van der Waals surface area contributed by atoms with Gasteiger partial charge in [0.15, 0.2) is 0 Å². The number of aromatic hydroxyl groups is 1. The van der Waals surface area contributed by atoms with Gasteiger partial charge in [0.05, 0.1) is 0 Å². The Morgan fingerprint density at radius 1 is 1.33 bits per heavy atom. The van der Waals surface area contributed by atoms with E-state index in [1.54, 1.807) is 30.5 Å². The molecule has 18 heavy (non-hydrogen) atoms. The maximum atomic E-state index is 12.0. The monoisotopic (exact) mass is 306 g/mol. The number of hydrogen-bond acceptors (Lipinski definition) is 3. The van der Waals surface area contributed by atoms with Gasteiger partial charge < -0.3 is 10.4 Å². The zero-order chi connectivity index (χ0) is 13.1. The van der Waals surface area contributed by atoms with Gasteiger partial charge in [-0.2, -0.15) is 0 Å². The second kappa shape index (κ2) is 5.18. The molecule has 1 amide bonds. The van der Waals surface area contributed by atoms with Crippen molar-refractivity contribution in [3.05, 3.63) is 52.3 Å². The van der Waals surface area contributed by atoms with E-state index < -0.39 is 0 Å². The van der Waals surface area contributed by atoms with Crippen molar-refractivity contribution in [2.24, 2.45) is 0 Å². The smallest absolute Gasteiger partial charge is 0.255 e. The van der Waals surface area contributed by atoms with Crippen molar-refractivity contribution in [2.45, 2.75) is 6.92 Å². The number of carbonyl (C=O) groups excluding carboxylic acids is 1. The third kappa shape index (κ3) is 2.87. The third-order valence-corrected chi connectivity index (χ3v) is 2.88. The Morgan fingerprint density at radius 2 is 2.11 bits per heavy atom. The lowest BCUT2D eigenvalue weighted by Crippen LogP contribution is -2.12. The molecule has 0 saturated heterocycles. The summed E-state index contributed by atoms with van der Waals surface area (Å²) in [5.74, 6) is -0.0379. The fraction of sp³-hybridized carbons (Fsp3) is 0.0769. The van der Waals surface area contributed by atoms with Crippen LogP contribution >= 0.6 is 15.9 Å². The first kappa shape index (κ1) is 12.6. The minimum absolute atomic E-state index is 0.178. The van der Waals surface area contributed by atoms with E-state index in [1.807, 2.05) is 6.92 Å². The normalized spacial score (nSPS) is 10.1. The van der Waals surface area contributed by atoms with Crippen molar-refractivity contribution < 1.29 is 9.90 Å². The largest absolute Gasteiger partial charge is 0.508 e. The summed E-state index contributed by atoms with van der Waals surface area (Å²) < 4.78 is 0.609. The van der Waals surface area contributed by atoms with Crippen molar-refractivity contribution in [3.8, 4) is 5.75 Å². The Bertz CT molecular complexity index is 599. The lowest BCUT2D eigenvalue weighted by molar-refractivity contribution is 0.102. The van der Waals surface area contributed by atoms with E-state index in [2.05, 4.69) is 26.2 Å². The zero-order valence-electron chi connectivity index (χ0n) is 9.64. The molecule has 0 radical (unpaired) electrons. The molecule has 0 unspecified atom stereocenters. The van der Waals surface area contributed by atoms with Crippen LogP contribution in [0.15, 0.2) is 41.1 Å². The van der Waals surface area contributed by atoms with Gasteiger partial charge in [-0.3, -0.25) is 4.79 Å². The first-order valence-corrected chi connectivity index (χ1v) is 6.08. The molecule has 0 atom stereocenters. The number of nitrogens with one attached hydrogen (secondary N) is 1. The maximum Gasteiger partial charge on any atom is 0.255 e. The summed E-state index contributed by atoms with van der Waals surface area (Å²) in [4.78, 5) is 15.9. The van der Waals surface area contributed by atoms with Crippen LogP contribution in [0.1, 0.15) is 15.9 Å². The number of aromatic nitrogens is 1. The molecule has 4 nitrogen and oxygen atoms in total. The summed E-state index contributed by atoms with van der Waals surface area (Å²) >= 11 is 3.22. The highest BCUT2D eigenvalue weighted by Gasteiger charge is 2.08. The van der Waals surface area contributed by atoms with Gasteiger partial charge in [-0.25, -0.2) is 4.98 Å². The first-order valence-electron chi connectivity index (χ1n) is 5.29. The molecule has 0 aliphatic carbocycles. The number of hydrogen-bond donors (Lipinski definition) is 2. The van der Waals surface area contributed by atoms with Gasteiger partial charge in [0.25, 0.3) is 5.91 Å². The molecule has 1 aromatic carbocycles. The van der Waals surface area contributed by atoms with Crippen LogP contribution in [0.4, 0.5) is 5.69 Å². The standard InChI is InChI=1S/C13H11BrN2O2/c1-8-6-10(17)2-3-11(8)16-13(18)9-4-5-15-12(14)7-9/h2-7,17H,1H3,(H,16,18). The van der Waals surface area contributed by atoms with Crippen molar-refractivity contribution in [2.75, 3.05) is 5.32 Å². The molecular formula is C13H11BrN2O2. The highest BCUT2D eigenvalue weighted by molar-refractivity contribution is 9.10. The fourth-order valence-corrected chi connectivity index (χ4v) is 1.89. The summed E-state index contributed by atoms with van der Waals surface area (Å²) in [6.45, 7) is 1.82.